The molecule has 4 nitrogen and oxygen atoms in total. The average molecular weight is 312 g/mol. The van der Waals surface area contributed by atoms with Crippen LogP contribution in [0.5, 0.6) is 0 Å². The van der Waals surface area contributed by atoms with Crippen molar-refractivity contribution in [3.63, 3.8) is 0 Å². The van der Waals surface area contributed by atoms with Crippen molar-refractivity contribution >= 4 is 16.8 Å². The predicted octanol–water partition coefficient (Wildman–Crippen LogP) is 3.30. The number of fused-ring (bicyclic) bond motifs is 3. The first kappa shape index (κ1) is 14.8. The molecule has 1 unspecified atom stereocenters. The maximum atomic E-state index is 12.9. The molecule has 1 atom stereocenters. The minimum absolute atomic E-state index is 0.138. The molecule has 4 rings (SSSR count). The molecule has 0 spiro atoms. The minimum atomic E-state index is 0.138. The number of aromatic nitrogens is 1. The third-order valence-electron chi connectivity index (χ3n) is 5.23. The van der Waals surface area contributed by atoms with Crippen LogP contribution < -0.4 is 0 Å². The molecule has 1 aliphatic carbocycles. The number of H-pyrrole nitrogens is 1. The number of rotatable bonds is 2. The smallest absolute Gasteiger partial charge is 0.254 e. The summed E-state index contributed by atoms with van der Waals surface area (Å²) in [5.41, 5.74) is 4.77. The van der Waals surface area contributed by atoms with Gasteiger partial charge in [-0.3, -0.25) is 4.79 Å². The normalized spacial score (nSPS) is 21.4. The van der Waals surface area contributed by atoms with E-state index in [0.717, 1.165) is 24.8 Å². The molecule has 1 aliphatic heterocycles. The van der Waals surface area contributed by atoms with E-state index in [1.165, 1.54) is 35.0 Å². The van der Waals surface area contributed by atoms with Gasteiger partial charge < -0.3 is 14.6 Å². The van der Waals surface area contributed by atoms with E-state index in [-0.39, 0.29) is 12.0 Å². The van der Waals surface area contributed by atoms with Crippen LogP contribution in [0.1, 0.15) is 47.8 Å². The molecule has 23 heavy (non-hydrogen) atoms. The second kappa shape index (κ2) is 6.00. The van der Waals surface area contributed by atoms with E-state index in [0.29, 0.717) is 19.7 Å². The SMILES string of the molecule is CCC1CN(C(=O)c2ccc3[nH]c4c(c3c2)CCCC4)CCO1. The molecule has 1 aromatic heterocycles. The number of hydrogen-bond donors (Lipinski definition) is 1. The van der Waals surface area contributed by atoms with E-state index < -0.39 is 0 Å². The highest BCUT2D eigenvalue weighted by Gasteiger charge is 2.25. The molecule has 122 valence electrons. The summed E-state index contributed by atoms with van der Waals surface area (Å²) in [6, 6.07) is 6.12. The van der Waals surface area contributed by atoms with E-state index in [4.69, 9.17) is 4.74 Å². The molecule has 4 heteroatoms. The fraction of sp³-hybridized carbons (Fsp3) is 0.526. The van der Waals surface area contributed by atoms with Crippen LogP contribution in [-0.2, 0) is 17.6 Å². The van der Waals surface area contributed by atoms with Gasteiger partial charge in [0.25, 0.3) is 5.91 Å². The van der Waals surface area contributed by atoms with Crippen LogP contribution in [0, 0.1) is 0 Å². The lowest BCUT2D eigenvalue weighted by Gasteiger charge is -2.32. The molecule has 0 bridgehead atoms. The summed E-state index contributed by atoms with van der Waals surface area (Å²) in [6.45, 7) is 4.15. The van der Waals surface area contributed by atoms with E-state index >= 15 is 0 Å². The van der Waals surface area contributed by atoms with Gasteiger partial charge in [-0.25, -0.2) is 0 Å². The van der Waals surface area contributed by atoms with Crippen molar-refractivity contribution in [2.45, 2.75) is 45.1 Å². The summed E-state index contributed by atoms with van der Waals surface area (Å²) in [7, 11) is 0. The summed E-state index contributed by atoms with van der Waals surface area (Å²) < 4.78 is 5.68. The Labute approximate surface area is 136 Å². The predicted molar refractivity (Wildman–Crippen MR) is 90.9 cm³/mol. The zero-order valence-corrected chi connectivity index (χ0v) is 13.7. The van der Waals surface area contributed by atoms with Crippen molar-refractivity contribution < 1.29 is 9.53 Å². The fourth-order valence-corrected chi connectivity index (χ4v) is 3.87. The van der Waals surface area contributed by atoms with Crippen molar-refractivity contribution in [3.8, 4) is 0 Å². The standard InChI is InChI=1S/C19H24N2O2/c1-2-14-12-21(9-10-23-14)19(22)13-7-8-18-16(11-13)15-5-3-4-6-17(15)20-18/h7-8,11,14,20H,2-6,9-10,12H2,1H3. The maximum absolute atomic E-state index is 12.9. The van der Waals surface area contributed by atoms with Gasteiger partial charge in [0.05, 0.1) is 12.7 Å². The van der Waals surface area contributed by atoms with Gasteiger partial charge in [0.2, 0.25) is 0 Å². The Morgan fingerprint density at radius 3 is 3.09 bits per heavy atom. The number of aryl methyl sites for hydroxylation is 2. The Morgan fingerprint density at radius 2 is 2.22 bits per heavy atom. The molecule has 2 heterocycles. The van der Waals surface area contributed by atoms with Gasteiger partial charge in [-0.1, -0.05) is 6.92 Å². The molecule has 1 aromatic carbocycles. The molecule has 1 amide bonds. The zero-order valence-electron chi connectivity index (χ0n) is 13.7. The van der Waals surface area contributed by atoms with E-state index in [1.807, 2.05) is 11.0 Å². The van der Waals surface area contributed by atoms with E-state index in [9.17, 15) is 4.79 Å². The Bertz CT molecular complexity index is 734. The first-order chi connectivity index (χ1) is 11.3. The van der Waals surface area contributed by atoms with Gasteiger partial charge in [-0.05, 0) is 55.9 Å². The van der Waals surface area contributed by atoms with Gasteiger partial charge >= 0.3 is 0 Å². The van der Waals surface area contributed by atoms with Gasteiger partial charge in [0, 0.05) is 35.2 Å². The molecule has 1 fully saturated rings. The Hall–Kier alpha value is -1.81. The molecule has 2 aliphatic rings. The van der Waals surface area contributed by atoms with Crippen LogP contribution >= 0.6 is 0 Å². The molecule has 2 aromatic rings. The topological polar surface area (TPSA) is 45.3 Å². The fourth-order valence-electron chi connectivity index (χ4n) is 3.87. The number of nitrogens with one attached hydrogen (secondary N) is 1. The Balaban J connectivity index is 1.64. The second-order valence-corrected chi connectivity index (χ2v) is 6.70. The number of morpholine rings is 1. The molecular formula is C19H24N2O2. The minimum Gasteiger partial charge on any atom is -0.375 e. The Kier molecular flexibility index (Phi) is 3.85. The molecule has 1 N–H and O–H groups in total. The average Bonchev–Trinajstić information content (AvgIpc) is 2.99. The number of hydrogen-bond acceptors (Lipinski definition) is 2. The van der Waals surface area contributed by atoms with Crippen LogP contribution in [0.25, 0.3) is 10.9 Å². The van der Waals surface area contributed by atoms with Crippen molar-refractivity contribution in [1.29, 1.82) is 0 Å². The van der Waals surface area contributed by atoms with Crippen LogP contribution in [0.15, 0.2) is 18.2 Å². The summed E-state index contributed by atoms with van der Waals surface area (Å²) in [5, 5.41) is 1.24. The Morgan fingerprint density at radius 1 is 1.35 bits per heavy atom. The van der Waals surface area contributed by atoms with Crippen LogP contribution in [-0.4, -0.2) is 41.6 Å². The van der Waals surface area contributed by atoms with Crippen LogP contribution in [0.2, 0.25) is 0 Å². The maximum Gasteiger partial charge on any atom is 0.254 e. The van der Waals surface area contributed by atoms with Gasteiger partial charge in [-0.2, -0.15) is 0 Å². The lowest BCUT2D eigenvalue weighted by atomic mass is 9.95. The highest BCUT2D eigenvalue weighted by atomic mass is 16.5. The third-order valence-corrected chi connectivity index (χ3v) is 5.23. The largest absolute Gasteiger partial charge is 0.375 e. The molecule has 1 saturated heterocycles. The number of nitrogens with zero attached hydrogens (tertiary/aromatic N) is 1. The lowest BCUT2D eigenvalue weighted by Crippen LogP contribution is -2.45. The molecular weight excluding hydrogens is 288 g/mol. The van der Waals surface area contributed by atoms with Crippen molar-refractivity contribution in [2.24, 2.45) is 0 Å². The summed E-state index contributed by atoms with van der Waals surface area (Å²) in [4.78, 5) is 18.3. The van der Waals surface area contributed by atoms with Crippen LogP contribution in [0.4, 0.5) is 0 Å². The van der Waals surface area contributed by atoms with Gasteiger partial charge in [0.1, 0.15) is 0 Å². The molecule has 0 saturated carbocycles. The first-order valence-electron chi connectivity index (χ1n) is 8.80. The van der Waals surface area contributed by atoms with E-state index in [1.54, 1.807) is 0 Å². The van der Waals surface area contributed by atoms with Crippen molar-refractivity contribution in [1.82, 2.24) is 9.88 Å². The number of benzene rings is 1. The van der Waals surface area contributed by atoms with E-state index in [2.05, 4.69) is 24.0 Å². The van der Waals surface area contributed by atoms with Gasteiger partial charge in [0.15, 0.2) is 0 Å². The highest BCUT2D eigenvalue weighted by Crippen LogP contribution is 2.30. The van der Waals surface area contributed by atoms with Crippen LogP contribution in [0.3, 0.4) is 0 Å². The second-order valence-electron chi connectivity index (χ2n) is 6.70. The summed E-state index contributed by atoms with van der Waals surface area (Å²) >= 11 is 0. The lowest BCUT2D eigenvalue weighted by molar-refractivity contribution is -0.0226. The quantitative estimate of drug-likeness (QED) is 0.925. The summed E-state index contributed by atoms with van der Waals surface area (Å²) in [6.07, 6.45) is 5.90. The third kappa shape index (κ3) is 2.65. The highest BCUT2D eigenvalue weighted by molar-refractivity contribution is 5.99. The number of carbonyl (C=O) groups is 1. The molecule has 0 radical (unpaired) electrons. The number of ether oxygens (including phenoxy) is 1. The summed E-state index contributed by atoms with van der Waals surface area (Å²) in [5.74, 6) is 0.138. The number of aromatic amines is 1. The van der Waals surface area contributed by atoms with Crippen molar-refractivity contribution in [2.75, 3.05) is 19.7 Å². The first-order valence-corrected chi connectivity index (χ1v) is 8.80. The number of amides is 1. The van der Waals surface area contributed by atoms with Crippen molar-refractivity contribution in [3.05, 3.63) is 35.0 Å². The monoisotopic (exact) mass is 312 g/mol. The zero-order chi connectivity index (χ0) is 15.8. The van der Waals surface area contributed by atoms with Gasteiger partial charge in [-0.15, -0.1) is 0 Å². The number of carbonyl (C=O) groups excluding carboxylic acids is 1.